The van der Waals surface area contributed by atoms with Crippen LogP contribution in [0.15, 0.2) is 4.79 Å². The van der Waals surface area contributed by atoms with E-state index in [0.29, 0.717) is 13.0 Å². The van der Waals surface area contributed by atoms with E-state index >= 15 is 0 Å². The van der Waals surface area contributed by atoms with Crippen LogP contribution < -0.4 is 11.1 Å². The van der Waals surface area contributed by atoms with Gasteiger partial charge in [-0.2, -0.15) is 0 Å². The molecule has 8 heteroatoms. The molecular formula is C10H19N2O5P. The molecule has 0 atom stereocenters. The van der Waals surface area contributed by atoms with Crippen molar-refractivity contribution in [3.05, 3.63) is 10.5 Å². The Bertz CT molecular complexity index is 483. The van der Waals surface area contributed by atoms with Gasteiger partial charge in [0.05, 0.1) is 13.2 Å². The number of hydrogen-bond acceptors (Lipinski definition) is 5. The maximum atomic E-state index is 12.6. The molecule has 0 aliphatic rings. The molecule has 18 heavy (non-hydrogen) atoms. The molecule has 0 unspecified atom stereocenters. The van der Waals surface area contributed by atoms with E-state index in [1.165, 1.54) is 4.57 Å². The molecule has 0 aliphatic carbocycles. The van der Waals surface area contributed by atoms with Gasteiger partial charge in [0.25, 0.3) is 0 Å². The molecule has 1 heterocycles. The lowest BCUT2D eigenvalue weighted by molar-refractivity contribution is 0.227. The second kappa shape index (κ2) is 6.22. The summed E-state index contributed by atoms with van der Waals surface area (Å²) >= 11 is 0. The van der Waals surface area contributed by atoms with Crippen LogP contribution in [0.1, 0.15) is 27.2 Å². The number of H-pyrrole nitrogens is 1. The van der Waals surface area contributed by atoms with Gasteiger partial charge in [-0.1, -0.05) is 6.92 Å². The van der Waals surface area contributed by atoms with E-state index in [0.717, 1.165) is 0 Å². The summed E-state index contributed by atoms with van der Waals surface area (Å²) in [7, 11) is -3.67. The minimum absolute atomic E-state index is 0.0990. The zero-order chi connectivity index (χ0) is 13.8. The quantitative estimate of drug-likeness (QED) is 0.730. The highest BCUT2D eigenvalue weighted by Crippen LogP contribution is 2.48. The minimum Gasteiger partial charge on any atom is -0.493 e. The summed E-state index contributed by atoms with van der Waals surface area (Å²) in [4.78, 5) is 13.8. The van der Waals surface area contributed by atoms with Gasteiger partial charge in [0.2, 0.25) is 5.88 Å². The lowest BCUT2D eigenvalue weighted by Gasteiger charge is -2.17. The number of nitrogens with one attached hydrogen (secondary N) is 1. The number of hydrogen-bond donors (Lipinski definition) is 2. The van der Waals surface area contributed by atoms with Crippen molar-refractivity contribution >= 4 is 13.0 Å². The van der Waals surface area contributed by atoms with Crippen LogP contribution in [-0.2, 0) is 20.2 Å². The minimum atomic E-state index is -3.67. The van der Waals surface area contributed by atoms with Gasteiger partial charge in [0, 0.05) is 6.54 Å². The fourth-order valence-corrected chi connectivity index (χ4v) is 3.46. The van der Waals surface area contributed by atoms with Gasteiger partial charge >= 0.3 is 13.3 Å². The predicted octanol–water partition coefficient (Wildman–Crippen LogP) is 1.18. The van der Waals surface area contributed by atoms with E-state index in [1.54, 1.807) is 13.8 Å². The number of aromatic nitrogens is 2. The first-order chi connectivity index (χ1) is 8.50. The third-order valence-corrected chi connectivity index (χ3v) is 4.41. The van der Waals surface area contributed by atoms with E-state index in [-0.39, 0.29) is 18.6 Å². The standard InChI is InChI=1S/C10H19N2O5P/c1-4-7-12-9(8(13)11-10(12)14)18(15,16-5-2)17-6-3/h13H,4-7H2,1-3H3,(H,11,14). The summed E-state index contributed by atoms with van der Waals surface area (Å²) in [5.74, 6) is -0.460. The topological polar surface area (TPSA) is 93.5 Å². The highest BCUT2D eigenvalue weighted by Gasteiger charge is 2.35. The van der Waals surface area contributed by atoms with Gasteiger partial charge in [-0.05, 0) is 20.3 Å². The summed E-state index contributed by atoms with van der Waals surface area (Å²) in [5, 5.41) is 9.72. The van der Waals surface area contributed by atoms with Crippen LogP contribution in [0.4, 0.5) is 0 Å². The predicted molar refractivity (Wildman–Crippen MR) is 67.5 cm³/mol. The fourth-order valence-electron chi connectivity index (χ4n) is 1.66. The molecule has 7 nitrogen and oxygen atoms in total. The van der Waals surface area contributed by atoms with Crippen molar-refractivity contribution in [3.63, 3.8) is 0 Å². The molecule has 1 aromatic rings. The van der Waals surface area contributed by atoms with Gasteiger partial charge in [0.15, 0.2) is 5.44 Å². The van der Waals surface area contributed by atoms with Crippen LogP contribution >= 0.6 is 7.60 Å². The Morgan fingerprint density at radius 1 is 1.28 bits per heavy atom. The first kappa shape index (κ1) is 15.0. The second-order valence-corrected chi connectivity index (χ2v) is 5.52. The largest absolute Gasteiger partial charge is 0.493 e. The first-order valence-corrected chi connectivity index (χ1v) is 7.45. The number of rotatable bonds is 7. The lowest BCUT2D eigenvalue weighted by atomic mass is 10.5. The first-order valence-electron chi connectivity index (χ1n) is 5.91. The maximum absolute atomic E-state index is 12.6. The SMILES string of the molecule is CCCn1c(P(=O)(OCC)OCC)c(O)[nH]c1=O. The molecule has 2 N–H and O–H groups in total. The van der Waals surface area contributed by atoms with Crippen LogP contribution in [0.25, 0.3) is 0 Å². The van der Waals surface area contributed by atoms with Crippen LogP contribution in [0, 0.1) is 0 Å². The Labute approximate surface area is 105 Å². The highest BCUT2D eigenvalue weighted by atomic mass is 31.2. The molecule has 104 valence electrons. The number of nitrogens with zero attached hydrogens (tertiary/aromatic N) is 1. The molecule has 0 aromatic carbocycles. The molecule has 0 saturated carbocycles. The molecular weight excluding hydrogens is 259 g/mol. The van der Waals surface area contributed by atoms with Gasteiger partial charge < -0.3 is 14.2 Å². The third-order valence-electron chi connectivity index (χ3n) is 2.24. The zero-order valence-corrected chi connectivity index (χ0v) is 11.7. The highest BCUT2D eigenvalue weighted by molar-refractivity contribution is 7.62. The Kier molecular flexibility index (Phi) is 5.19. The average molecular weight is 278 g/mol. The van der Waals surface area contributed by atoms with Crippen molar-refractivity contribution in [1.82, 2.24) is 9.55 Å². The summed E-state index contributed by atoms with van der Waals surface area (Å²) in [6.07, 6.45) is 0.655. The normalized spacial score (nSPS) is 11.9. The molecule has 0 amide bonds. The smallest absolute Gasteiger partial charge is 0.383 e. The van der Waals surface area contributed by atoms with Crippen LogP contribution in [0.2, 0.25) is 0 Å². The average Bonchev–Trinajstić information content (AvgIpc) is 2.55. The molecule has 0 radical (unpaired) electrons. The molecule has 0 saturated heterocycles. The second-order valence-electron chi connectivity index (χ2n) is 3.59. The summed E-state index contributed by atoms with van der Waals surface area (Å²) in [6.45, 7) is 5.83. The molecule has 0 fully saturated rings. The molecule has 1 aromatic heterocycles. The number of aromatic amines is 1. The summed E-state index contributed by atoms with van der Waals surface area (Å²) in [6, 6.07) is 0. The Hall–Kier alpha value is -1.04. The van der Waals surface area contributed by atoms with Crippen molar-refractivity contribution < 1.29 is 18.7 Å². The Morgan fingerprint density at radius 3 is 2.28 bits per heavy atom. The van der Waals surface area contributed by atoms with E-state index < -0.39 is 19.2 Å². The molecule has 1 rings (SSSR count). The van der Waals surface area contributed by atoms with Crippen LogP contribution in [-0.4, -0.2) is 27.9 Å². The van der Waals surface area contributed by atoms with Gasteiger partial charge in [-0.3, -0.25) is 14.1 Å². The number of aromatic hydroxyl groups is 1. The molecule has 0 bridgehead atoms. The zero-order valence-electron chi connectivity index (χ0n) is 10.8. The fraction of sp³-hybridized carbons (Fsp3) is 0.700. The van der Waals surface area contributed by atoms with E-state index in [2.05, 4.69) is 4.98 Å². The van der Waals surface area contributed by atoms with E-state index in [1.807, 2.05) is 6.92 Å². The number of imidazole rings is 1. The van der Waals surface area contributed by atoms with E-state index in [9.17, 15) is 14.5 Å². The summed E-state index contributed by atoms with van der Waals surface area (Å²) < 4.78 is 24.0. The van der Waals surface area contributed by atoms with Crippen molar-refractivity contribution in [2.45, 2.75) is 33.7 Å². The van der Waals surface area contributed by atoms with Gasteiger partial charge in [-0.15, -0.1) is 0 Å². The van der Waals surface area contributed by atoms with Crippen LogP contribution in [0.3, 0.4) is 0 Å². The Balaban J connectivity index is 3.35. The van der Waals surface area contributed by atoms with Gasteiger partial charge in [-0.25, -0.2) is 4.79 Å². The van der Waals surface area contributed by atoms with Crippen molar-refractivity contribution in [3.8, 4) is 5.88 Å². The molecule has 0 spiro atoms. The Morgan fingerprint density at radius 2 is 1.83 bits per heavy atom. The third kappa shape index (κ3) is 2.85. The van der Waals surface area contributed by atoms with Crippen molar-refractivity contribution in [2.75, 3.05) is 13.2 Å². The maximum Gasteiger partial charge on any atom is 0.383 e. The molecule has 0 aliphatic heterocycles. The van der Waals surface area contributed by atoms with Gasteiger partial charge in [0.1, 0.15) is 0 Å². The monoisotopic (exact) mass is 278 g/mol. The van der Waals surface area contributed by atoms with Crippen molar-refractivity contribution in [1.29, 1.82) is 0 Å². The van der Waals surface area contributed by atoms with Crippen LogP contribution in [0.5, 0.6) is 5.88 Å². The summed E-state index contributed by atoms with van der Waals surface area (Å²) in [5.41, 5.74) is -0.623. The van der Waals surface area contributed by atoms with E-state index in [4.69, 9.17) is 9.05 Å². The van der Waals surface area contributed by atoms with Crippen molar-refractivity contribution in [2.24, 2.45) is 0 Å². The lowest BCUT2D eigenvalue weighted by Crippen LogP contribution is -2.28.